The predicted molar refractivity (Wildman–Crippen MR) is 69.2 cm³/mol. The molecule has 0 saturated heterocycles. The molecular weight excluding hydrogens is 246 g/mol. The molecule has 1 rings (SSSR count). The van der Waals surface area contributed by atoms with Gasteiger partial charge in [-0.25, -0.2) is 4.98 Å². The molecule has 100 valence electrons. The summed E-state index contributed by atoms with van der Waals surface area (Å²) < 4.78 is 0. The van der Waals surface area contributed by atoms with Gasteiger partial charge >= 0.3 is 0 Å². The smallest absolute Gasteiger partial charge is 0.271 e. The first-order valence-corrected chi connectivity index (χ1v) is 5.59. The van der Waals surface area contributed by atoms with E-state index in [-0.39, 0.29) is 24.8 Å². The number of pyridine rings is 1. The number of rotatable bonds is 3. The molecule has 6 nitrogen and oxygen atoms in total. The van der Waals surface area contributed by atoms with Gasteiger partial charge in [-0.3, -0.25) is 9.59 Å². The largest absolute Gasteiger partial charge is 0.384 e. The number of likely N-dealkylation sites (N-methyl/N-ethyl adjacent to an activating group) is 1. The molecule has 6 heteroatoms. The van der Waals surface area contributed by atoms with Crippen molar-refractivity contribution in [1.29, 1.82) is 0 Å². The van der Waals surface area contributed by atoms with Crippen LogP contribution < -0.4 is 5.32 Å². The highest BCUT2D eigenvalue weighted by molar-refractivity contribution is 5.96. The van der Waals surface area contributed by atoms with E-state index in [1.807, 2.05) is 0 Å². The molecule has 19 heavy (non-hydrogen) atoms. The summed E-state index contributed by atoms with van der Waals surface area (Å²) in [7, 11) is 3.21. The molecule has 0 aliphatic heterocycles. The predicted octanol–water partition coefficient (Wildman–Crippen LogP) is -0.757. The molecule has 0 aliphatic carbocycles. The molecule has 1 aromatic heterocycles. The van der Waals surface area contributed by atoms with E-state index in [2.05, 4.69) is 22.1 Å². The van der Waals surface area contributed by atoms with Gasteiger partial charge < -0.3 is 15.3 Å². The number of hydrogen-bond donors (Lipinski definition) is 2. The third kappa shape index (κ3) is 4.41. The van der Waals surface area contributed by atoms with Gasteiger partial charge in [0.2, 0.25) is 5.91 Å². The Morgan fingerprint density at radius 2 is 2.21 bits per heavy atom. The Hall–Kier alpha value is -2.39. The van der Waals surface area contributed by atoms with Crippen LogP contribution in [0.1, 0.15) is 16.1 Å². The molecule has 0 spiro atoms. The van der Waals surface area contributed by atoms with E-state index in [0.29, 0.717) is 5.56 Å². The van der Waals surface area contributed by atoms with Crippen molar-refractivity contribution in [2.24, 2.45) is 0 Å². The zero-order valence-electron chi connectivity index (χ0n) is 10.8. The molecule has 2 amide bonds. The molecule has 0 radical (unpaired) electrons. The SMILES string of the molecule is CN(C)C(=O)CNC(=O)c1ncccc1C#CCO. The van der Waals surface area contributed by atoms with Crippen molar-refractivity contribution in [3.63, 3.8) is 0 Å². The zero-order chi connectivity index (χ0) is 14.3. The third-order valence-corrected chi connectivity index (χ3v) is 2.22. The van der Waals surface area contributed by atoms with Crippen molar-refractivity contribution < 1.29 is 14.7 Å². The number of carbonyl (C=O) groups is 2. The van der Waals surface area contributed by atoms with Crippen molar-refractivity contribution in [1.82, 2.24) is 15.2 Å². The lowest BCUT2D eigenvalue weighted by atomic mass is 10.2. The van der Waals surface area contributed by atoms with Crippen LogP contribution in [0.25, 0.3) is 0 Å². The molecule has 0 aromatic carbocycles. The van der Waals surface area contributed by atoms with E-state index in [4.69, 9.17) is 5.11 Å². The fraction of sp³-hybridized carbons (Fsp3) is 0.308. The van der Waals surface area contributed by atoms with Gasteiger partial charge in [0, 0.05) is 20.3 Å². The molecule has 0 fully saturated rings. The van der Waals surface area contributed by atoms with Crippen LogP contribution in [0, 0.1) is 11.8 Å². The van der Waals surface area contributed by atoms with E-state index in [9.17, 15) is 9.59 Å². The van der Waals surface area contributed by atoms with Crippen molar-refractivity contribution in [2.75, 3.05) is 27.2 Å². The molecular formula is C13H15N3O3. The molecule has 2 N–H and O–H groups in total. The molecule has 0 aliphatic rings. The number of nitrogens with zero attached hydrogens (tertiary/aromatic N) is 2. The number of hydrogen-bond acceptors (Lipinski definition) is 4. The lowest BCUT2D eigenvalue weighted by Crippen LogP contribution is -2.36. The highest BCUT2D eigenvalue weighted by atomic mass is 16.2. The molecule has 1 heterocycles. The number of aromatic nitrogens is 1. The standard InChI is InChI=1S/C13H15N3O3/c1-16(2)11(18)9-15-13(19)12-10(6-4-8-17)5-3-7-14-12/h3,5,7,17H,8-9H2,1-2H3,(H,15,19). The van der Waals surface area contributed by atoms with Crippen LogP contribution in [-0.4, -0.2) is 54.1 Å². The van der Waals surface area contributed by atoms with Crippen LogP contribution in [-0.2, 0) is 4.79 Å². The average molecular weight is 261 g/mol. The van der Waals surface area contributed by atoms with Gasteiger partial charge in [0.25, 0.3) is 5.91 Å². The summed E-state index contributed by atoms with van der Waals surface area (Å²) in [5.41, 5.74) is 0.543. The Morgan fingerprint density at radius 1 is 1.47 bits per heavy atom. The van der Waals surface area contributed by atoms with Crippen LogP contribution in [0.5, 0.6) is 0 Å². The summed E-state index contributed by atoms with van der Waals surface area (Å²) in [6, 6.07) is 3.27. The van der Waals surface area contributed by atoms with E-state index < -0.39 is 5.91 Å². The van der Waals surface area contributed by atoms with E-state index in [0.717, 1.165) is 0 Å². The minimum Gasteiger partial charge on any atom is -0.384 e. The highest BCUT2D eigenvalue weighted by Gasteiger charge is 2.13. The Morgan fingerprint density at radius 3 is 2.84 bits per heavy atom. The van der Waals surface area contributed by atoms with Crippen molar-refractivity contribution >= 4 is 11.8 Å². The van der Waals surface area contributed by atoms with Crippen LogP contribution in [0.15, 0.2) is 18.3 Å². The average Bonchev–Trinajstić information content (AvgIpc) is 2.42. The van der Waals surface area contributed by atoms with Gasteiger partial charge in [-0.1, -0.05) is 11.8 Å². The summed E-state index contributed by atoms with van der Waals surface area (Å²) in [5, 5.41) is 11.1. The Kier molecular flexibility index (Phi) is 5.51. The maximum atomic E-state index is 11.9. The summed E-state index contributed by atoms with van der Waals surface area (Å²) >= 11 is 0. The van der Waals surface area contributed by atoms with Crippen molar-refractivity contribution in [3.05, 3.63) is 29.6 Å². The minimum atomic E-state index is -0.474. The number of aliphatic hydroxyl groups is 1. The lowest BCUT2D eigenvalue weighted by molar-refractivity contribution is -0.127. The lowest BCUT2D eigenvalue weighted by Gasteiger charge is -2.11. The first-order valence-electron chi connectivity index (χ1n) is 5.59. The Bertz CT molecular complexity index is 529. The fourth-order valence-corrected chi connectivity index (χ4v) is 1.22. The Balaban J connectivity index is 2.80. The maximum absolute atomic E-state index is 11.9. The van der Waals surface area contributed by atoms with Crippen molar-refractivity contribution in [3.8, 4) is 11.8 Å². The van der Waals surface area contributed by atoms with Gasteiger partial charge in [-0.2, -0.15) is 0 Å². The summed E-state index contributed by atoms with van der Waals surface area (Å²) in [4.78, 5) is 28.6. The number of amides is 2. The van der Waals surface area contributed by atoms with Crippen molar-refractivity contribution in [2.45, 2.75) is 0 Å². The second kappa shape index (κ2) is 7.13. The topological polar surface area (TPSA) is 82.5 Å². The first-order chi connectivity index (χ1) is 9.06. The Labute approximate surface area is 111 Å². The van der Waals surface area contributed by atoms with Crippen LogP contribution in [0.3, 0.4) is 0 Å². The maximum Gasteiger partial charge on any atom is 0.271 e. The molecule has 0 saturated carbocycles. The van der Waals surface area contributed by atoms with Crippen LogP contribution >= 0.6 is 0 Å². The second-order valence-electron chi connectivity index (χ2n) is 3.83. The molecule has 0 unspecified atom stereocenters. The summed E-state index contributed by atoms with van der Waals surface area (Å²) in [6.07, 6.45) is 1.47. The monoisotopic (exact) mass is 261 g/mol. The summed E-state index contributed by atoms with van der Waals surface area (Å²) in [6.45, 7) is -0.398. The quantitative estimate of drug-likeness (QED) is 0.701. The van der Waals surface area contributed by atoms with Crippen LogP contribution in [0.4, 0.5) is 0 Å². The minimum absolute atomic E-state index is 0.102. The van der Waals surface area contributed by atoms with Gasteiger partial charge in [0.15, 0.2) is 0 Å². The molecule has 0 bridgehead atoms. The number of nitrogens with one attached hydrogen (secondary N) is 1. The zero-order valence-corrected chi connectivity index (χ0v) is 10.8. The number of carbonyl (C=O) groups excluding carboxylic acids is 2. The fourth-order valence-electron chi connectivity index (χ4n) is 1.22. The normalized spacial score (nSPS) is 9.21. The third-order valence-electron chi connectivity index (χ3n) is 2.22. The number of aliphatic hydroxyl groups excluding tert-OH is 1. The van der Waals surface area contributed by atoms with Gasteiger partial charge in [-0.05, 0) is 12.1 Å². The van der Waals surface area contributed by atoms with E-state index in [1.165, 1.54) is 11.1 Å². The van der Waals surface area contributed by atoms with E-state index >= 15 is 0 Å². The van der Waals surface area contributed by atoms with Gasteiger partial charge in [-0.15, -0.1) is 0 Å². The highest BCUT2D eigenvalue weighted by Crippen LogP contribution is 2.03. The molecule has 1 aromatic rings. The first kappa shape index (κ1) is 14.7. The van der Waals surface area contributed by atoms with Gasteiger partial charge in [0.05, 0.1) is 12.1 Å². The second-order valence-corrected chi connectivity index (χ2v) is 3.83. The summed E-state index contributed by atoms with van der Waals surface area (Å²) in [5.74, 6) is 4.40. The van der Waals surface area contributed by atoms with Crippen LogP contribution in [0.2, 0.25) is 0 Å². The van der Waals surface area contributed by atoms with E-state index in [1.54, 1.807) is 26.2 Å². The molecule has 0 atom stereocenters. The van der Waals surface area contributed by atoms with Gasteiger partial charge in [0.1, 0.15) is 12.3 Å².